The smallest absolute Gasteiger partial charge is 0.291 e. The maximum atomic E-state index is 12.7. The number of hydrogen-bond donors (Lipinski definition) is 3. The van der Waals surface area contributed by atoms with E-state index in [1.165, 1.54) is 6.26 Å². The average Bonchev–Trinajstić information content (AvgIpc) is 3.42. The van der Waals surface area contributed by atoms with Gasteiger partial charge in [0.1, 0.15) is 12.4 Å². The highest BCUT2D eigenvalue weighted by Gasteiger charge is 2.11. The Hall–Kier alpha value is -4.85. The van der Waals surface area contributed by atoms with Gasteiger partial charge in [0.05, 0.1) is 11.8 Å². The number of anilines is 1. The van der Waals surface area contributed by atoms with E-state index in [1.807, 2.05) is 18.2 Å². The quantitative estimate of drug-likeness (QED) is 0.340. The predicted molar refractivity (Wildman–Crippen MR) is 130 cm³/mol. The first-order chi connectivity index (χ1) is 17.0. The maximum absolute atomic E-state index is 12.7. The van der Waals surface area contributed by atoms with Crippen LogP contribution in [0.4, 0.5) is 5.69 Å². The molecule has 3 amide bonds. The molecular weight excluding hydrogens is 446 g/mol. The second kappa shape index (κ2) is 10.8. The molecule has 4 aromatic rings. The third kappa shape index (κ3) is 6.14. The molecule has 176 valence electrons. The summed E-state index contributed by atoms with van der Waals surface area (Å²) in [5, 5.41) is 5.62. The van der Waals surface area contributed by atoms with E-state index in [-0.39, 0.29) is 24.2 Å². The van der Waals surface area contributed by atoms with Gasteiger partial charge in [-0.05, 0) is 59.7 Å². The van der Waals surface area contributed by atoms with Crippen molar-refractivity contribution in [2.45, 2.75) is 13.2 Å². The molecule has 0 aliphatic rings. The van der Waals surface area contributed by atoms with Crippen molar-refractivity contribution in [2.24, 2.45) is 5.73 Å². The Morgan fingerprint density at radius 2 is 1.63 bits per heavy atom. The summed E-state index contributed by atoms with van der Waals surface area (Å²) < 4.78 is 10.8. The van der Waals surface area contributed by atoms with E-state index >= 15 is 0 Å². The second-order valence-corrected chi connectivity index (χ2v) is 7.66. The van der Waals surface area contributed by atoms with Crippen LogP contribution in [0.5, 0.6) is 5.75 Å². The summed E-state index contributed by atoms with van der Waals surface area (Å²) in [6.07, 6.45) is 1.44. The van der Waals surface area contributed by atoms with Gasteiger partial charge in [-0.3, -0.25) is 14.4 Å². The molecule has 0 aliphatic carbocycles. The zero-order valence-electron chi connectivity index (χ0n) is 18.7. The molecule has 0 unspecified atom stereocenters. The van der Waals surface area contributed by atoms with Gasteiger partial charge >= 0.3 is 0 Å². The van der Waals surface area contributed by atoms with Gasteiger partial charge in [0.15, 0.2) is 5.76 Å². The van der Waals surface area contributed by atoms with Crippen LogP contribution in [0.3, 0.4) is 0 Å². The molecule has 8 heteroatoms. The van der Waals surface area contributed by atoms with Crippen molar-refractivity contribution in [1.29, 1.82) is 0 Å². The van der Waals surface area contributed by atoms with Gasteiger partial charge in [0, 0.05) is 17.8 Å². The van der Waals surface area contributed by atoms with Crippen molar-refractivity contribution in [3.05, 3.63) is 119 Å². The number of rotatable bonds is 9. The predicted octanol–water partition coefficient (Wildman–Crippen LogP) is 4.14. The van der Waals surface area contributed by atoms with Crippen LogP contribution in [0.1, 0.15) is 42.4 Å². The van der Waals surface area contributed by atoms with E-state index in [0.29, 0.717) is 29.1 Å². The summed E-state index contributed by atoms with van der Waals surface area (Å²) >= 11 is 0. The lowest BCUT2D eigenvalue weighted by atomic mass is 10.1. The topological polar surface area (TPSA) is 124 Å². The lowest BCUT2D eigenvalue weighted by Crippen LogP contribution is -2.23. The van der Waals surface area contributed by atoms with Crippen molar-refractivity contribution in [3.8, 4) is 5.75 Å². The Morgan fingerprint density at radius 3 is 2.37 bits per heavy atom. The molecule has 4 N–H and O–H groups in total. The van der Waals surface area contributed by atoms with Crippen LogP contribution in [-0.2, 0) is 13.2 Å². The van der Waals surface area contributed by atoms with Crippen molar-refractivity contribution in [1.82, 2.24) is 5.32 Å². The van der Waals surface area contributed by atoms with Gasteiger partial charge in [-0.1, -0.05) is 36.4 Å². The number of carbonyl (C=O) groups excluding carboxylic acids is 3. The molecule has 4 rings (SSSR count). The number of ether oxygens (including phenoxy) is 1. The summed E-state index contributed by atoms with van der Waals surface area (Å²) in [5.41, 5.74) is 8.43. The molecule has 0 saturated heterocycles. The molecule has 0 radical (unpaired) electrons. The molecule has 35 heavy (non-hydrogen) atoms. The normalized spacial score (nSPS) is 10.4. The molecule has 1 aromatic heterocycles. The first kappa shape index (κ1) is 23.3. The highest BCUT2D eigenvalue weighted by atomic mass is 16.5. The van der Waals surface area contributed by atoms with Crippen LogP contribution in [0, 0.1) is 0 Å². The standard InChI is InChI=1S/C27H23N3O5/c28-25(31)22-7-1-2-8-23(22)35-17-19-5-3-6-20(15-19)26(32)29-16-18-10-12-21(13-11-18)30-27(33)24-9-4-14-34-24/h1-15H,16-17H2,(H2,28,31)(H,29,32)(H,30,33). The minimum absolute atomic E-state index is 0.177. The Balaban J connectivity index is 1.31. The Bertz CT molecular complexity index is 1330. The van der Waals surface area contributed by atoms with E-state index in [2.05, 4.69) is 10.6 Å². The molecule has 0 aliphatic heterocycles. The van der Waals surface area contributed by atoms with Crippen LogP contribution >= 0.6 is 0 Å². The SMILES string of the molecule is NC(=O)c1ccccc1OCc1cccc(C(=O)NCc2ccc(NC(=O)c3ccco3)cc2)c1. The Labute approximate surface area is 201 Å². The van der Waals surface area contributed by atoms with Gasteiger partial charge in [-0.2, -0.15) is 0 Å². The fourth-order valence-corrected chi connectivity index (χ4v) is 3.35. The van der Waals surface area contributed by atoms with E-state index in [9.17, 15) is 14.4 Å². The van der Waals surface area contributed by atoms with Crippen LogP contribution < -0.4 is 21.1 Å². The van der Waals surface area contributed by atoms with Crippen LogP contribution in [0.25, 0.3) is 0 Å². The van der Waals surface area contributed by atoms with Gasteiger partial charge in [0.2, 0.25) is 0 Å². The van der Waals surface area contributed by atoms with Gasteiger partial charge in [-0.25, -0.2) is 0 Å². The van der Waals surface area contributed by atoms with Gasteiger partial charge in [-0.15, -0.1) is 0 Å². The zero-order valence-corrected chi connectivity index (χ0v) is 18.7. The van der Waals surface area contributed by atoms with Gasteiger partial charge in [0.25, 0.3) is 17.7 Å². The number of nitrogens with two attached hydrogens (primary N) is 1. The number of benzene rings is 3. The second-order valence-electron chi connectivity index (χ2n) is 7.66. The number of amides is 3. The molecule has 0 fully saturated rings. The first-order valence-electron chi connectivity index (χ1n) is 10.8. The lowest BCUT2D eigenvalue weighted by Gasteiger charge is -2.11. The molecule has 8 nitrogen and oxygen atoms in total. The summed E-state index contributed by atoms with van der Waals surface area (Å²) in [6, 6.07) is 24.2. The molecule has 1 heterocycles. The van der Waals surface area contributed by atoms with E-state index in [1.54, 1.807) is 66.7 Å². The average molecular weight is 469 g/mol. The number of hydrogen-bond acceptors (Lipinski definition) is 5. The molecule has 0 saturated carbocycles. The molecule has 0 atom stereocenters. The van der Waals surface area contributed by atoms with Crippen molar-refractivity contribution in [3.63, 3.8) is 0 Å². The zero-order chi connectivity index (χ0) is 24.6. The monoisotopic (exact) mass is 469 g/mol. The van der Waals surface area contributed by atoms with Gasteiger partial charge < -0.3 is 25.5 Å². The number of nitrogens with one attached hydrogen (secondary N) is 2. The minimum Gasteiger partial charge on any atom is -0.488 e. The number of carbonyl (C=O) groups is 3. The molecule has 3 aromatic carbocycles. The molecule has 0 bridgehead atoms. The maximum Gasteiger partial charge on any atom is 0.291 e. The fourth-order valence-electron chi connectivity index (χ4n) is 3.35. The number of primary amides is 1. The summed E-state index contributed by atoms with van der Waals surface area (Å²) in [5.74, 6) is -0.524. The minimum atomic E-state index is -0.568. The highest BCUT2D eigenvalue weighted by molar-refractivity contribution is 6.02. The van der Waals surface area contributed by atoms with E-state index in [0.717, 1.165) is 11.1 Å². The summed E-state index contributed by atoms with van der Waals surface area (Å²) in [6.45, 7) is 0.495. The Morgan fingerprint density at radius 1 is 0.829 bits per heavy atom. The van der Waals surface area contributed by atoms with Crippen molar-refractivity contribution < 1.29 is 23.5 Å². The number of para-hydroxylation sites is 1. The largest absolute Gasteiger partial charge is 0.488 e. The third-order valence-corrected chi connectivity index (χ3v) is 5.15. The number of furan rings is 1. The highest BCUT2D eigenvalue weighted by Crippen LogP contribution is 2.19. The van der Waals surface area contributed by atoms with Crippen molar-refractivity contribution >= 4 is 23.4 Å². The lowest BCUT2D eigenvalue weighted by molar-refractivity contribution is 0.0948. The van der Waals surface area contributed by atoms with Crippen molar-refractivity contribution in [2.75, 3.05) is 5.32 Å². The third-order valence-electron chi connectivity index (χ3n) is 5.15. The van der Waals surface area contributed by atoms with E-state index in [4.69, 9.17) is 14.9 Å². The molecular formula is C27H23N3O5. The Kier molecular flexibility index (Phi) is 7.22. The summed E-state index contributed by atoms with van der Waals surface area (Å²) in [7, 11) is 0. The summed E-state index contributed by atoms with van der Waals surface area (Å²) in [4.78, 5) is 36.2. The fraction of sp³-hybridized carbons (Fsp3) is 0.0741. The molecule has 0 spiro atoms. The van der Waals surface area contributed by atoms with E-state index < -0.39 is 5.91 Å². The van der Waals surface area contributed by atoms with Crippen LogP contribution in [0.2, 0.25) is 0 Å². The first-order valence-corrected chi connectivity index (χ1v) is 10.8. The van der Waals surface area contributed by atoms with Crippen LogP contribution in [0.15, 0.2) is 95.6 Å². The van der Waals surface area contributed by atoms with Crippen LogP contribution in [-0.4, -0.2) is 17.7 Å².